The number of nitrogens with zero attached hydrogens (tertiary/aromatic N) is 1. The van der Waals surface area contributed by atoms with Gasteiger partial charge in [0.25, 0.3) is 0 Å². The van der Waals surface area contributed by atoms with Crippen molar-refractivity contribution in [2.45, 2.75) is 19.5 Å². The van der Waals surface area contributed by atoms with Crippen molar-refractivity contribution in [3.8, 4) is 0 Å². The van der Waals surface area contributed by atoms with Crippen molar-refractivity contribution < 1.29 is 9.18 Å². The van der Waals surface area contributed by atoms with Crippen molar-refractivity contribution in [3.63, 3.8) is 0 Å². The SMILES string of the molecule is C[C@H](NC(=O)CN(C)Cc1cccc(F)c1)c1ccc(Br)cc1. The molecule has 23 heavy (non-hydrogen) atoms. The Morgan fingerprint density at radius 2 is 1.96 bits per heavy atom. The fourth-order valence-corrected chi connectivity index (χ4v) is 2.63. The molecule has 2 aromatic carbocycles. The molecule has 2 aromatic rings. The lowest BCUT2D eigenvalue weighted by Crippen LogP contribution is -2.36. The molecule has 2 rings (SSSR count). The number of amides is 1. The highest BCUT2D eigenvalue weighted by Crippen LogP contribution is 2.16. The molecule has 0 aliphatic carbocycles. The molecule has 0 fully saturated rings. The Bertz CT molecular complexity index is 660. The summed E-state index contributed by atoms with van der Waals surface area (Å²) in [6.07, 6.45) is 0. The smallest absolute Gasteiger partial charge is 0.234 e. The molecular weight excluding hydrogens is 359 g/mol. The van der Waals surface area contributed by atoms with Gasteiger partial charge in [-0.05, 0) is 49.4 Å². The number of benzene rings is 2. The van der Waals surface area contributed by atoms with Crippen LogP contribution in [0.15, 0.2) is 53.0 Å². The lowest BCUT2D eigenvalue weighted by Gasteiger charge is -2.19. The van der Waals surface area contributed by atoms with Crippen LogP contribution in [0.25, 0.3) is 0 Å². The van der Waals surface area contributed by atoms with Gasteiger partial charge in [-0.1, -0.05) is 40.2 Å². The number of hydrogen-bond donors (Lipinski definition) is 1. The fourth-order valence-electron chi connectivity index (χ4n) is 2.37. The molecule has 0 aliphatic rings. The Morgan fingerprint density at radius 1 is 1.26 bits per heavy atom. The van der Waals surface area contributed by atoms with Crippen LogP contribution in [-0.2, 0) is 11.3 Å². The Hall–Kier alpha value is -1.72. The second-order valence-corrected chi connectivity index (χ2v) is 6.56. The lowest BCUT2D eigenvalue weighted by atomic mass is 10.1. The predicted octanol–water partition coefficient (Wildman–Crippen LogP) is 3.90. The van der Waals surface area contributed by atoms with Gasteiger partial charge in [-0.3, -0.25) is 9.69 Å². The van der Waals surface area contributed by atoms with Crippen LogP contribution in [0.4, 0.5) is 4.39 Å². The topological polar surface area (TPSA) is 32.3 Å². The quantitative estimate of drug-likeness (QED) is 0.826. The number of carbonyl (C=O) groups excluding carboxylic acids is 1. The predicted molar refractivity (Wildman–Crippen MR) is 93.4 cm³/mol. The number of hydrogen-bond acceptors (Lipinski definition) is 2. The fraction of sp³-hybridized carbons (Fsp3) is 0.278. The van der Waals surface area contributed by atoms with Crippen LogP contribution in [0.3, 0.4) is 0 Å². The molecule has 0 unspecified atom stereocenters. The van der Waals surface area contributed by atoms with E-state index in [4.69, 9.17) is 0 Å². The molecule has 0 aliphatic heterocycles. The molecule has 0 radical (unpaired) electrons. The molecule has 1 N–H and O–H groups in total. The molecule has 122 valence electrons. The number of nitrogens with one attached hydrogen (secondary N) is 1. The van der Waals surface area contributed by atoms with Crippen molar-refractivity contribution in [1.82, 2.24) is 10.2 Å². The molecule has 0 saturated heterocycles. The maximum Gasteiger partial charge on any atom is 0.234 e. The highest BCUT2D eigenvalue weighted by Gasteiger charge is 2.12. The zero-order valence-electron chi connectivity index (χ0n) is 13.2. The molecule has 5 heteroatoms. The third kappa shape index (κ3) is 5.77. The molecule has 1 atom stereocenters. The first-order valence-electron chi connectivity index (χ1n) is 7.42. The summed E-state index contributed by atoms with van der Waals surface area (Å²) in [6, 6.07) is 14.2. The van der Waals surface area contributed by atoms with Gasteiger partial charge in [0.15, 0.2) is 0 Å². The monoisotopic (exact) mass is 378 g/mol. The van der Waals surface area contributed by atoms with E-state index in [0.29, 0.717) is 6.54 Å². The molecule has 0 aromatic heterocycles. The largest absolute Gasteiger partial charge is 0.348 e. The average molecular weight is 379 g/mol. The zero-order valence-corrected chi connectivity index (χ0v) is 14.8. The van der Waals surface area contributed by atoms with Gasteiger partial charge in [-0.15, -0.1) is 0 Å². The van der Waals surface area contributed by atoms with Gasteiger partial charge in [0.05, 0.1) is 12.6 Å². The van der Waals surface area contributed by atoms with E-state index in [-0.39, 0.29) is 24.3 Å². The summed E-state index contributed by atoms with van der Waals surface area (Å²) in [6.45, 7) is 2.74. The van der Waals surface area contributed by atoms with Gasteiger partial charge in [0, 0.05) is 11.0 Å². The number of halogens is 2. The molecular formula is C18H20BrFN2O. The van der Waals surface area contributed by atoms with Gasteiger partial charge in [0.2, 0.25) is 5.91 Å². The first-order chi connectivity index (χ1) is 10.9. The van der Waals surface area contributed by atoms with E-state index >= 15 is 0 Å². The van der Waals surface area contributed by atoms with Crippen LogP contribution < -0.4 is 5.32 Å². The third-order valence-electron chi connectivity index (χ3n) is 3.50. The third-order valence-corrected chi connectivity index (χ3v) is 4.03. The first kappa shape index (κ1) is 17.6. The summed E-state index contributed by atoms with van der Waals surface area (Å²) < 4.78 is 14.2. The van der Waals surface area contributed by atoms with Crippen LogP contribution in [-0.4, -0.2) is 24.4 Å². The summed E-state index contributed by atoms with van der Waals surface area (Å²) in [5, 5.41) is 2.97. The lowest BCUT2D eigenvalue weighted by molar-refractivity contribution is -0.122. The van der Waals surface area contributed by atoms with Crippen LogP contribution in [0.1, 0.15) is 24.1 Å². The Balaban J connectivity index is 1.85. The molecule has 3 nitrogen and oxygen atoms in total. The van der Waals surface area contributed by atoms with Crippen LogP contribution in [0.2, 0.25) is 0 Å². The van der Waals surface area contributed by atoms with E-state index in [0.717, 1.165) is 15.6 Å². The van der Waals surface area contributed by atoms with Crippen molar-refractivity contribution in [2.24, 2.45) is 0 Å². The number of carbonyl (C=O) groups is 1. The Labute approximate surface area is 144 Å². The van der Waals surface area contributed by atoms with E-state index in [9.17, 15) is 9.18 Å². The normalized spacial score (nSPS) is 12.2. The highest BCUT2D eigenvalue weighted by molar-refractivity contribution is 9.10. The maximum absolute atomic E-state index is 13.2. The Kier molecular flexibility index (Phi) is 6.30. The number of rotatable bonds is 6. The van der Waals surface area contributed by atoms with Crippen LogP contribution >= 0.6 is 15.9 Å². The molecule has 0 heterocycles. The van der Waals surface area contributed by atoms with Gasteiger partial charge < -0.3 is 5.32 Å². The van der Waals surface area contributed by atoms with Gasteiger partial charge >= 0.3 is 0 Å². The minimum atomic E-state index is -0.260. The Morgan fingerprint density at radius 3 is 2.61 bits per heavy atom. The summed E-state index contributed by atoms with van der Waals surface area (Å²) in [4.78, 5) is 14.0. The summed E-state index contributed by atoms with van der Waals surface area (Å²) in [5.41, 5.74) is 1.90. The molecule has 1 amide bonds. The summed E-state index contributed by atoms with van der Waals surface area (Å²) in [7, 11) is 1.84. The highest BCUT2D eigenvalue weighted by atomic mass is 79.9. The summed E-state index contributed by atoms with van der Waals surface area (Å²) >= 11 is 3.39. The van der Waals surface area contributed by atoms with Gasteiger partial charge in [0.1, 0.15) is 5.82 Å². The van der Waals surface area contributed by atoms with Crippen LogP contribution in [0, 0.1) is 5.82 Å². The van der Waals surface area contributed by atoms with Crippen molar-refractivity contribution in [3.05, 3.63) is 69.9 Å². The van der Waals surface area contributed by atoms with Crippen molar-refractivity contribution in [1.29, 1.82) is 0 Å². The number of likely N-dealkylation sites (N-methyl/N-ethyl adjacent to an activating group) is 1. The molecule has 0 spiro atoms. The van der Waals surface area contributed by atoms with Gasteiger partial charge in [-0.25, -0.2) is 4.39 Å². The standard InChI is InChI=1S/C18H20BrFN2O/c1-13(15-6-8-16(19)9-7-15)21-18(23)12-22(2)11-14-4-3-5-17(20)10-14/h3-10,13H,11-12H2,1-2H3,(H,21,23)/t13-/m0/s1. The van der Waals surface area contributed by atoms with Gasteiger partial charge in [-0.2, -0.15) is 0 Å². The molecule has 0 bridgehead atoms. The van der Waals surface area contributed by atoms with E-state index in [1.165, 1.54) is 12.1 Å². The molecule has 0 saturated carbocycles. The average Bonchev–Trinajstić information content (AvgIpc) is 2.47. The minimum Gasteiger partial charge on any atom is -0.348 e. The second kappa shape index (κ2) is 8.22. The van der Waals surface area contributed by atoms with E-state index in [1.807, 2.05) is 49.2 Å². The second-order valence-electron chi connectivity index (χ2n) is 5.64. The van der Waals surface area contributed by atoms with Crippen molar-refractivity contribution in [2.75, 3.05) is 13.6 Å². The minimum absolute atomic E-state index is 0.0562. The van der Waals surface area contributed by atoms with Crippen molar-refractivity contribution >= 4 is 21.8 Å². The summed E-state index contributed by atoms with van der Waals surface area (Å²) in [5.74, 6) is -0.316. The van der Waals surface area contributed by atoms with E-state index in [1.54, 1.807) is 6.07 Å². The van der Waals surface area contributed by atoms with Crippen LogP contribution in [0.5, 0.6) is 0 Å². The maximum atomic E-state index is 13.2. The van der Waals surface area contributed by atoms with E-state index < -0.39 is 0 Å². The van der Waals surface area contributed by atoms with E-state index in [2.05, 4.69) is 21.2 Å². The first-order valence-corrected chi connectivity index (χ1v) is 8.21. The zero-order chi connectivity index (χ0) is 16.8.